The lowest BCUT2D eigenvalue weighted by Gasteiger charge is -2.06. The molecular formula is C16H19N3. The summed E-state index contributed by atoms with van der Waals surface area (Å²) < 4.78 is 0. The zero-order valence-electron chi connectivity index (χ0n) is 11.2. The van der Waals surface area contributed by atoms with Gasteiger partial charge in [-0.2, -0.15) is 0 Å². The van der Waals surface area contributed by atoms with Crippen LogP contribution in [0.15, 0.2) is 42.8 Å². The average molecular weight is 253 g/mol. The van der Waals surface area contributed by atoms with Crippen LogP contribution >= 0.6 is 0 Å². The number of nitrogens with one attached hydrogen (secondary N) is 2. The van der Waals surface area contributed by atoms with Crippen molar-refractivity contribution >= 4 is 16.7 Å². The molecule has 0 aromatic carbocycles. The third kappa shape index (κ3) is 2.70. The minimum Gasteiger partial charge on any atom is -0.358 e. The van der Waals surface area contributed by atoms with Crippen LogP contribution in [-0.4, -0.2) is 9.97 Å². The van der Waals surface area contributed by atoms with Gasteiger partial charge in [0, 0.05) is 35.5 Å². The first kappa shape index (κ1) is 12.0. The minimum absolute atomic E-state index is 0.645. The molecule has 1 saturated carbocycles. The molecule has 2 aromatic rings. The Morgan fingerprint density at radius 3 is 3.11 bits per heavy atom. The molecule has 0 unspecified atom stereocenters. The van der Waals surface area contributed by atoms with Gasteiger partial charge in [0.05, 0.1) is 5.52 Å². The quantitative estimate of drug-likeness (QED) is 0.790. The third-order valence-electron chi connectivity index (χ3n) is 3.49. The lowest BCUT2D eigenvalue weighted by molar-refractivity contribution is 1.01. The van der Waals surface area contributed by atoms with Gasteiger partial charge in [0.2, 0.25) is 0 Å². The Labute approximate surface area is 113 Å². The van der Waals surface area contributed by atoms with E-state index in [4.69, 9.17) is 0 Å². The summed E-state index contributed by atoms with van der Waals surface area (Å²) in [6.45, 7) is 6.10. The van der Waals surface area contributed by atoms with Crippen LogP contribution in [0.25, 0.3) is 10.9 Å². The van der Waals surface area contributed by atoms with E-state index in [-0.39, 0.29) is 0 Å². The van der Waals surface area contributed by atoms with Gasteiger partial charge in [-0.05, 0) is 31.7 Å². The van der Waals surface area contributed by atoms with Crippen molar-refractivity contribution in [3.8, 4) is 0 Å². The monoisotopic (exact) mass is 253 g/mol. The van der Waals surface area contributed by atoms with Gasteiger partial charge in [-0.25, -0.2) is 4.98 Å². The summed E-state index contributed by atoms with van der Waals surface area (Å²) in [6, 6.07) is 4.21. The number of H-pyrrole nitrogens is 1. The van der Waals surface area contributed by atoms with Gasteiger partial charge >= 0.3 is 0 Å². The summed E-state index contributed by atoms with van der Waals surface area (Å²) in [6.07, 6.45) is 9.56. The van der Waals surface area contributed by atoms with Crippen molar-refractivity contribution in [2.45, 2.75) is 26.2 Å². The van der Waals surface area contributed by atoms with Gasteiger partial charge in [-0.15, -0.1) is 0 Å². The van der Waals surface area contributed by atoms with Crippen LogP contribution < -0.4 is 5.32 Å². The van der Waals surface area contributed by atoms with Crippen molar-refractivity contribution < 1.29 is 0 Å². The number of hydrogen-bond donors (Lipinski definition) is 2. The molecule has 3 nitrogen and oxygen atoms in total. The molecule has 3 heteroatoms. The molecule has 2 N–H and O–H groups in total. The molecular weight excluding hydrogens is 234 g/mol. The second-order valence-corrected chi connectivity index (χ2v) is 5.15. The number of aromatic nitrogens is 2. The zero-order chi connectivity index (χ0) is 13.2. The highest BCUT2D eigenvalue weighted by Crippen LogP contribution is 2.35. The van der Waals surface area contributed by atoms with Crippen LogP contribution in [0, 0.1) is 5.92 Å². The van der Waals surface area contributed by atoms with Crippen LogP contribution in [0.5, 0.6) is 0 Å². The molecule has 0 bridgehead atoms. The Morgan fingerprint density at radius 2 is 2.37 bits per heavy atom. The van der Waals surface area contributed by atoms with Gasteiger partial charge in [-0.3, -0.25) is 0 Å². The Morgan fingerprint density at radius 1 is 1.53 bits per heavy atom. The number of hydrogen-bond acceptors (Lipinski definition) is 2. The number of rotatable bonds is 5. The van der Waals surface area contributed by atoms with E-state index < -0.39 is 0 Å². The highest BCUT2D eigenvalue weighted by Gasteiger charge is 2.24. The van der Waals surface area contributed by atoms with Crippen molar-refractivity contribution in [2.75, 3.05) is 5.32 Å². The maximum atomic E-state index is 4.44. The van der Waals surface area contributed by atoms with Crippen molar-refractivity contribution in [3.05, 3.63) is 48.5 Å². The standard InChI is InChI=1S/C16H19N3/c1-3-4-5-14-8-13-10-17-16(9-15(13)19-14)18-11(2)12-6-7-12/h3-4,8-10,12,19H,2,5-7H2,1H3,(H,17,18)/b4-3-. The number of anilines is 1. The highest BCUT2D eigenvalue weighted by molar-refractivity contribution is 5.82. The fourth-order valence-electron chi connectivity index (χ4n) is 2.21. The maximum absolute atomic E-state index is 4.44. The smallest absolute Gasteiger partial charge is 0.132 e. The molecule has 0 saturated heterocycles. The maximum Gasteiger partial charge on any atom is 0.132 e. The Bertz CT molecular complexity index is 632. The topological polar surface area (TPSA) is 40.7 Å². The number of nitrogens with zero attached hydrogens (tertiary/aromatic N) is 1. The summed E-state index contributed by atoms with van der Waals surface area (Å²) in [7, 11) is 0. The van der Waals surface area contributed by atoms with E-state index in [1.54, 1.807) is 0 Å². The lowest BCUT2D eigenvalue weighted by atomic mass is 10.2. The molecule has 3 rings (SSSR count). The SMILES string of the molecule is C=C(Nc1cc2[nH]c(C/C=C\C)cc2cn1)C1CC1. The number of allylic oxidation sites excluding steroid dienone is 3. The van der Waals surface area contributed by atoms with Crippen LogP contribution in [-0.2, 0) is 6.42 Å². The first-order valence-corrected chi connectivity index (χ1v) is 6.81. The third-order valence-corrected chi connectivity index (χ3v) is 3.49. The number of pyridine rings is 1. The van der Waals surface area contributed by atoms with Gasteiger partial charge < -0.3 is 10.3 Å². The second-order valence-electron chi connectivity index (χ2n) is 5.15. The van der Waals surface area contributed by atoms with Crippen molar-refractivity contribution in [1.29, 1.82) is 0 Å². The van der Waals surface area contributed by atoms with Gasteiger partial charge in [-0.1, -0.05) is 18.7 Å². The zero-order valence-corrected chi connectivity index (χ0v) is 11.2. The molecule has 98 valence electrons. The van der Waals surface area contributed by atoms with Crippen LogP contribution in [0.3, 0.4) is 0 Å². The summed E-state index contributed by atoms with van der Waals surface area (Å²) in [5.74, 6) is 1.52. The predicted molar refractivity (Wildman–Crippen MR) is 80.1 cm³/mol. The van der Waals surface area contributed by atoms with Gasteiger partial charge in [0.15, 0.2) is 0 Å². The highest BCUT2D eigenvalue weighted by atomic mass is 15.0. The first-order chi connectivity index (χ1) is 9.26. The lowest BCUT2D eigenvalue weighted by Crippen LogP contribution is -2.01. The first-order valence-electron chi connectivity index (χ1n) is 6.81. The van der Waals surface area contributed by atoms with Crippen LogP contribution in [0.4, 0.5) is 5.82 Å². The van der Waals surface area contributed by atoms with E-state index in [0.29, 0.717) is 5.92 Å². The molecule has 0 radical (unpaired) electrons. The van der Waals surface area contributed by atoms with E-state index in [9.17, 15) is 0 Å². The Kier molecular flexibility index (Phi) is 3.11. The van der Waals surface area contributed by atoms with E-state index in [0.717, 1.165) is 28.8 Å². The summed E-state index contributed by atoms with van der Waals surface area (Å²) in [4.78, 5) is 7.87. The largest absolute Gasteiger partial charge is 0.358 e. The second kappa shape index (κ2) is 4.92. The van der Waals surface area contributed by atoms with Gasteiger partial charge in [0.25, 0.3) is 0 Å². The molecule has 0 atom stereocenters. The van der Waals surface area contributed by atoms with Crippen LogP contribution in [0.2, 0.25) is 0 Å². The summed E-state index contributed by atoms with van der Waals surface area (Å²) >= 11 is 0. The van der Waals surface area contributed by atoms with Crippen molar-refractivity contribution in [3.63, 3.8) is 0 Å². The van der Waals surface area contributed by atoms with E-state index in [2.05, 4.69) is 46.1 Å². The number of aromatic amines is 1. The van der Waals surface area contributed by atoms with Crippen molar-refractivity contribution in [1.82, 2.24) is 9.97 Å². The van der Waals surface area contributed by atoms with Crippen LogP contribution in [0.1, 0.15) is 25.5 Å². The van der Waals surface area contributed by atoms with Gasteiger partial charge in [0.1, 0.15) is 5.82 Å². The molecule has 19 heavy (non-hydrogen) atoms. The number of fused-ring (bicyclic) bond motifs is 1. The normalized spacial score (nSPS) is 15.2. The average Bonchev–Trinajstić information content (AvgIpc) is 3.17. The molecule has 1 aliphatic rings. The van der Waals surface area contributed by atoms with E-state index >= 15 is 0 Å². The molecule has 2 aromatic heterocycles. The van der Waals surface area contributed by atoms with Crippen molar-refractivity contribution in [2.24, 2.45) is 5.92 Å². The minimum atomic E-state index is 0.645. The molecule has 1 fully saturated rings. The Balaban J connectivity index is 1.81. The Hall–Kier alpha value is -2.03. The fourth-order valence-corrected chi connectivity index (χ4v) is 2.21. The van der Waals surface area contributed by atoms with E-state index in [1.807, 2.05) is 13.1 Å². The molecule has 0 spiro atoms. The molecule has 0 amide bonds. The van der Waals surface area contributed by atoms with E-state index in [1.165, 1.54) is 18.5 Å². The molecule has 2 heterocycles. The molecule has 0 aliphatic heterocycles. The predicted octanol–water partition coefficient (Wildman–Crippen LogP) is 4.02. The fraction of sp³-hybridized carbons (Fsp3) is 0.312. The molecule has 1 aliphatic carbocycles. The summed E-state index contributed by atoms with van der Waals surface area (Å²) in [5, 5.41) is 4.46. The summed E-state index contributed by atoms with van der Waals surface area (Å²) in [5.41, 5.74) is 3.43.